The standard InChI is InChI=1S/C11H18N2O6/c1-19-9(15)6-8(10(16)17)12-11(18)13-4-2-7(14)3-5-13/h7-8,14H,2-6H2,1H3,(H,12,18)(H,16,17)/t8-/m0/s1. The lowest BCUT2D eigenvalue weighted by Crippen LogP contribution is -2.51. The fraction of sp³-hybridized carbons (Fsp3) is 0.727. The quantitative estimate of drug-likeness (QED) is 0.576. The molecule has 8 heteroatoms. The highest BCUT2D eigenvalue weighted by Crippen LogP contribution is 2.10. The molecular weight excluding hydrogens is 256 g/mol. The molecule has 0 saturated carbocycles. The number of aliphatic carboxylic acids is 1. The number of ether oxygens (including phenoxy) is 1. The van der Waals surface area contributed by atoms with Crippen molar-refractivity contribution in [3.05, 3.63) is 0 Å². The van der Waals surface area contributed by atoms with Gasteiger partial charge >= 0.3 is 18.0 Å². The maximum atomic E-state index is 11.8. The number of aliphatic hydroxyl groups excluding tert-OH is 1. The Bertz CT molecular complexity index is 351. The molecule has 0 radical (unpaired) electrons. The number of carbonyl (C=O) groups is 3. The predicted molar refractivity (Wildman–Crippen MR) is 63.4 cm³/mol. The Kier molecular flexibility index (Phi) is 5.56. The first-order valence-electron chi connectivity index (χ1n) is 5.97. The number of amides is 2. The molecule has 8 nitrogen and oxygen atoms in total. The summed E-state index contributed by atoms with van der Waals surface area (Å²) >= 11 is 0. The lowest BCUT2D eigenvalue weighted by molar-refractivity contribution is -0.147. The Hall–Kier alpha value is -1.83. The fourth-order valence-corrected chi connectivity index (χ4v) is 1.76. The van der Waals surface area contributed by atoms with Gasteiger partial charge in [-0.25, -0.2) is 9.59 Å². The molecule has 3 N–H and O–H groups in total. The number of aliphatic hydroxyl groups is 1. The van der Waals surface area contributed by atoms with Gasteiger partial charge in [-0.05, 0) is 12.8 Å². The molecule has 1 atom stereocenters. The van der Waals surface area contributed by atoms with Crippen LogP contribution in [0.4, 0.5) is 4.79 Å². The number of hydrogen-bond donors (Lipinski definition) is 3. The fourth-order valence-electron chi connectivity index (χ4n) is 1.76. The first kappa shape index (κ1) is 15.2. The molecular formula is C11H18N2O6. The molecule has 1 rings (SSSR count). The Balaban J connectivity index is 2.51. The maximum absolute atomic E-state index is 11.8. The Morgan fingerprint density at radius 1 is 1.37 bits per heavy atom. The molecule has 0 bridgehead atoms. The van der Waals surface area contributed by atoms with Gasteiger partial charge < -0.3 is 25.2 Å². The molecule has 108 valence electrons. The van der Waals surface area contributed by atoms with Crippen molar-refractivity contribution in [2.45, 2.75) is 31.4 Å². The van der Waals surface area contributed by atoms with E-state index in [-0.39, 0.29) is 0 Å². The molecule has 0 aromatic heterocycles. The Labute approximate surface area is 110 Å². The minimum absolute atomic E-state index is 0.359. The smallest absolute Gasteiger partial charge is 0.326 e. The van der Waals surface area contributed by atoms with Crippen molar-refractivity contribution in [2.75, 3.05) is 20.2 Å². The lowest BCUT2D eigenvalue weighted by Gasteiger charge is -2.30. The Morgan fingerprint density at radius 3 is 2.42 bits per heavy atom. The summed E-state index contributed by atoms with van der Waals surface area (Å²) in [5, 5.41) is 20.5. The van der Waals surface area contributed by atoms with Crippen molar-refractivity contribution in [1.82, 2.24) is 10.2 Å². The summed E-state index contributed by atoms with van der Waals surface area (Å²) in [4.78, 5) is 35.2. The van der Waals surface area contributed by atoms with E-state index in [4.69, 9.17) is 5.11 Å². The molecule has 0 spiro atoms. The van der Waals surface area contributed by atoms with E-state index in [0.29, 0.717) is 25.9 Å². The van der Waals surface area contributed by atoms with Gasteiger partial charge in [0.25, 0.3) is 0 Å². The molecule has 0 aromatic rings. The second kappa shape index (κ2) is 6.93. The predicted octanol–water partition coefficient (Wildman–Crippen LogP) is -0.831. The third-order valence-electron chi connectivity index (χ3n) is 2.95. The zero-order valence-corrected chi connectivity index (χ0v) is 10.7. The van der Waals surface area contributed by atoms with Crippen molar-refractivity contribution in [3.8, 4) is 0 Å². The van der Waals surface area contributed by atoms with E-state index < -0.39 is 36.5 Å². The molecule has 1 heterocycles. The summed E-state index contributed by atoms with van der Waals surface area (Å²) < 4.78 is 4.37. The van der Waals surface area contributed by atoms with Crippen LogP contribution in [0, 0.1) is 0 Å². The summed E-state index contributed by atoms with van der Waals surface area (Å²) in [6, 6.07) is -1.87. The highest BCUT2D eigenvalue weighted by molar-refractivity contribution is 5.86. The molecule has 1 saturated heterocycles. The summed E-state index contributed by atoms with van der Waals surface area (Å²) in [7, 11) is 1.15. The minimum Gasteiger partial charge on any atom is -0.480 e. The first-order valence-corrected chi connectivity index (χ1v) is 5.97. The molecule has 2 amide bonds. The highest BCUT2D eigenvalue weighted by atomic mass is 16.5. The van der Waals surface area contributed by atoms with Gasteiger partial charge in [0.1, 0.15) is 6.04 Å². The molecule has 1 fully saturated rings. The zero-order chi connectivity index (χ0) is 14.4. The van der Waals surface area contributed by atoms with Gasteiger partial charge in [-0.2, -0.15) is 0 Å². The molecule has 1 aliphatic heterocycles. The summed E-state index contributed by atoms with van der Waals surface area (Å²) in [5.41, 5.74) is 0. The first-order chi connectivity index (χ1) is 8.93. The van der Waals surface area contributed by atoms with E-state index in [1.165, 1.54) is 4.90 Å². The van der Waals surface area contributed by atoms with E-state index in [9.17, 15) is 19.5 Å². The van der Waals surface area contributed by atoms with Gasteiger partial charge in [0.2, 0.25) is 0 Å². The topological polar surface area (TPSA) is 116 Å². The molecule has 19 heavy (non-hydrogen) atoms. The van der Waals surface area contributed by atoms with Crippen LogP contribution in [0.5, 0.6) is 0 Å². The number of urea groups is 1. The second-order valence-corrected chi connectivity index (χ2v) is 4.34. The van der Waals surface area contributed by atoms with Crippen LogP contribution >= 0.6 is 0 Å². The third kappa shape index (κ3) is 4.74. The second-order valence-electron chi connectivity index (χ2n) is 4.34. The van der Waals surface area contributed by atoms with Crippen molar-refractivity contribution < 1.29 is 29.3 Å². The van der Waals surface area contributed by atoms with Crippen LogP contribution in [0.25, 0.3) is 0 Å². The number of rotatable bonds is 4. The van der Waals surface area contributed by atoms with Crippen molar-refractivity contribution in [3.63, 3.8) is 0 Å². The monoisotopic (exact) mass is 274 g/mol. The minimum atomic E-state index is -1.31. The van der Waals surface area contributed by atoms with E-state index >= 15 is 0 Å². The number of carboxylic acid groups (broad SMARTS) is 1. The van der Waals surface area contributed by atoms with Gasteiger partial charge in [0.15, 0.2) is 0 Å². The summed E-state index contributed by atoms with van der Waals surface area (Å²) in [6.45, 7) is 0.717. The molecule has 1 aliphatic rings. The maximum Gasteiger partial charge on any atom is 0.326 e. The van der Waals surface area contributed by atoms with Gasteiger partial charge in [-0.15, -0.1) is 0 Å². The van der Waals surface area contributed by atoms with Crippen LogP contribution in [-0.2, 0) is 14.3 Å². The van der Waals surface area contributed by atoms with Crippen molar-refractivity contribution in [1.29, 1.82) is 0 Å². The summed E-state index contributed by atoms with van der Waals surface area (Å²) in [5.74, 6) is -2.00. The van der Waals surface area contributed by atoms with Crippen molar-refractivity contribution >= 4 is 18.0 Å². The number of carboxylic acids is 1. The van der Waals surface area contributed by atoms with Crippen LogP contribution in [0.2, 0.25) is 0 Å². The molecule has 0 aromatic carbocycles. The largest absolute Gasteiger partial charge is 0.480 e. The average molecular weight is 274 g/mol. The SMILES string of the molecule is COC(=O)C[C@H](NC(=O)N1CCC(O)CC1)C(=O)O. The van der Waals surface area contributed by atoms with Crippen LogP contribution in [0.15, 0.2) is 0 Å². The van der Waals surface area contributed by atoms with E-state index in [2.05, 4.69) is 10.1 Å². The van der Waals surface area contributed by atoms with Gasteiger partial charge in [-0.1, -0.05) is 0 Å². The molecule has 0 unspecified atom stereocenters. The number of carbonyl (C=O) groups excluding carboxylic acids is 2. The van der Waals surface area contributed by atoms with E-state index in [1.54, 1.807) is 0 Å². The van der Waals surface area contributed by atoms with Crippen LogP contribution in [0.3, 0.4) is 0 Å². The number of nitrogens with one attached hydrogen (secondary N) is 1. The number of nitrogens with zero attached hydrogens (tertiary/aromatic N) is 1. The van der Waals surface area contributed by atoms with Gasteiger partial charge in [-0.3, -0.25) is 4.79 Å². The third-order valence-corrected chi connectivity index (χ3v) is 2.95. The highest BCUT2D eigenvalue weighted by Gasteiger charge is 2.27. The summed E-state index contributed by atoms with van der Waals surface area (Å²) in [6.07, 6.45) is 0.0765. The van der Waals surface area contributed by atoms with E-state index in [1.807, 2.05) is 0 Å². The van der Waals surface area contributed by atoms with Gasteiger partial charge in [0.05, 0.1) is 19.6 Å². The number of esters is 1. The number of hydrogen-bond acceptors (Lipinski definition) is 5. The zero-order valence-electron chi connectivity index (χ0n) is 10.7. The number of likely N-dealkylation sites (tertiary alicyclic amines) is 1. The lowest BCUT2D eigenvalue weighted by atomic mass is 10.1. The van der Waals surface area contributed by atoms with Crippen LogP contribution < -0.4 is 5.32 Å². The normalized spacial score (nSPS) is 17.7. The number of piperidine rings is 1. The number of methoxy groups -OCH3 is 1. The van der Waals surface area contributed by atoms with Gasteiger partial charge in [0, 0.05) is 13.1 Å². The van der Waals surface area contributed by atoms with Crippen LogP contribution in [-0.4, -0.2) is 65.4 Å². The van der Waals surface area contributed by atoms with E-state index in [0.717, 1.165) is 7.11 Å². The average Bonchev–Trinajstić information content (AvgIpc) is 2.38. The molecule has 0 aliphatic carbocycles. The Morgan fingerprint density at radius 2 is 1.95 bits per heavy atom. The van der Waals surface area contributed by atoms with Crippen LogP contribution in [0.1, 0.15) is 19.3 Å². The van der Waals surface area contributed by atoms with Crippen molar-refractivity contribution in [2.24, 2.45) is 0 Å².